The number of benzene rings is 1. The molecule has 1 aromatic carbocycles. The third-order valence-corrected chi connectivity index (χ3v) is 3.39. The van der Waals surface area contributed by atoms with E-state index in [-0.39, 0.29) is 6.54 Å². The second kappa shape index (κ2) is 6.62. The van der Waals surface area contributed by atoms with Crippen LogP contribution >= 0.6 is 15.9 Å². The maximum atomic E-state index is 12.3. The first-order valence-corrected chi connectivity index (χ1v) is 7.96. The van der Waals surface area contributed by atoms with Crippen LogP contribution < -0.4 is 5.32 Å². The van der Waals surface area contributed by atoms with Gasteiger partial charge in [0.1, 0.15) is 17.4 Å². The van der Waals surface area contributed by atoms with Crippen molar-refractivity contribution in [3.05, 3.63) is 22.9 Å². The molecule has 0 aliphatic carbocycles. The van der Waals surface area contributed by atoms with Crippen LogP contribution in [0.4, 0.5) is 23.7 Å². The minimum atomic E-state index is -4.24. The van der Waals surface area contributed by atoms with Crippen LogP contribution in [0, 0.1) is 0 Å². The molecule has 0 saturated heterocycles. The summed E-state index contributed by atoms with van der Waals surface area (Å²) in [6, 6.07) is 3.27. The van der Waals surface area contributed by atoms with Gasteiger partial charge in [0.25, 0.3) is 0 Å². The third kappa shape index (κ3) is 4.86. The van der Waals surface area contributed by atoms with Gasteiger partial charge in [-0.05, 0) is 32.9 Å². The van der Waals surface area contributed by atoms with Gasteiger partial charge in [0.15, 0.2) is 0 Å². The quantitative estimate of drug-likeness (QED) is 0.781. The Kier molecular flexibility index (Phi) is 5.12. The Morgan fingerprint density at radius 3 is 2.58 bits per heavy atom. The highest BCUT2D eigenvalue weighted by Crippen LogP contribution is 2.29. The number of nitrogens with one attached hydrogen (secondary N) is 1. The number of fused-ring (bicyclic) bond motifs is 1. The van der Waals surface area contributed by atoms with Crippen LogP contribution in [0.1, 0.15) is 27.2 Å². The smallest absolute Gasteiger partial charge is 0.420 e. The topological polar surface area (TPSA) is 56.2 Å². The molecule has 1 aromatic heterocycles. The van der Waals surface area contributed by atoms with Crippen molar-refractivity contribution in [1.29, 1.82) is 0 Å². The Morgan fingerprint density at radius 1 is 1.33 bits per heavy atom. The molecule has 0 saturated carbocycles. The Morgan fingerprint density at radius 2 is 2.00 bits per heavy atom. The summed E-state index contributed by atoms with van der Waals surface area (Å²) in [5.41, 5.74) is 0.568. The van der Waals surface area contributed by atoms with E-state index in [1.54, 1.807) is 32.9 Å². The number of anilines is 1. The molecule has 0 aliphatic rings. The van der Waals surface area contributed by atoms with Gasteiger partial charge >= 0.3 is 12.3 Å². The van der Waals surface area contributed by atoms with Crippen LogP contribution in [-0.4, -0.2) is 34.0 Å². The predicted molar refractivity (Wildman–Crippen MR) is 88.2 cm³/mol. The SMILES string of the molecule is CC(C)(C)OC(=O)n1cnc2c(NCCC(F)(F)F)cc(Br)cc21. The monoisotopic (exact) mass is 407 g/mol. The molecule has 0 bridgehead atoms. The Bertz CT molecular complexity index is 751. The summed E-state index contributed by atoms with van der Waals surface area (Å²) in [5, 5.41) is 2.71. The van der Waals surface area contributed by atoms with Gasteiger partial charge in [0.2, 0.25) is 0 Å². The predicted octanol–water partition coefficient (Wildman–Crippen LogP) is 4.95. The largest absolute Gasteiger partial charge is 0.443 e. The minimum absolute atomic E-state index is 0.283. The molecular weight excluding hydrogens is 391 g/mol. The van der Waals surface area contributed by atoms with Crippen LogP contribution in [0.2, 0.25) is 0 Å². The Hall–Kier alpha value is -1.77. The maximum absolute atomic E-state index is 12.3. The summed E-state index contributed by atoms with van der Waals surface area (Å²) in [6.45, 7) is 4.94. The van der Waals surface area contributed by atoms with Crippen molar-refractivity contribution < 1.29 is 22.7 Å². The molecule has 0 fully saturated rings. The molecule has 2 rings (SSSR count). The number of rotatable bonds is 3. The first-order chi connectivity index (χ1) is 11.0. The van der Waals surface area contributed by atoms with Crippen molar-refractivity contribution in [3.63, 3.8) is 0 Å². The highest BCUT2D eigenvalue weighted by atomic mass is 79.9. The average molecular weight is 408 g/mol. The molecule has 0 radical (unpaired) electrons. The van der Waals surface area contributed by atoms with Crippen LogP contribution in [0.5, 0.6) is 0 Å². The number of aromatic nitrogens is 2. The third-order valence-electron chi connectivity index (χ3n) is 2.93. The van der Waals surface area contributed by atoms with Crippen molar-refractivity contribution in [2.75, 3.05) is 11.9 Å². The second-order valence-corrected chi connectivity index (χ2v) is 7.12. The van der Waals surface area contributed by atoms with E-state index in [4.69, 9.17) is 4.74 Å². The van der Waals surface area contributed by atoms with E-state index < -0.39 is 24.3 Å². The van der Waals surface area contributed by atoms with Crippen LogP contribution in [-0.2, 0) is 4.74 Å². The molecule has 24 heavy (non-hydrogen) atoms. The number of carbonyl (C=O) groups is 1. The fraction of sp³-hybridized carbons (Fsp3) is 0.467. The van der Waals surface area contributed by atoms with Gasteiger partial charge in [0.05, 0.1) is 17.6 Å². The number of hydrogen-bond donors (Lipinski definition) is 1. The first-order valence-electron chi connectivity index (χ1n) is 7.17. The summed E-state index contributed by atoms with van der Waals surface area (Å²) in [5.74, 6) is 0. The summed E-state index contributed by atoms with van der Waals surface area (Å²) < 4.78 is 44.0. The maximum Gasteiger partial charge on any atom is 0.420 e. The lowest BCUT2D eigenvalue weighted by atomic mass is 10.2. The zero-order valence-electron chi connectivity index (χ0n) is 13.4. The lowest BCUT2D eigenvalue weighted by Crippen LogP contribution is -2.26. The molecule has 0 amide bonds. The lowest BCUT2D eigenvalue weighted by molar-refractivity contribution is -0.131. The van der Waals surface area contributed by atoms with Gasteiger partial charge in [-0.2, -0.15) is 13.2 Å². The number of imidazole rings is 1. The lowest BCUT2D eigenvalue weighted by Gasteiger charge is -2.19. The Labute approximate surface area is 145 Å². The van der Waals surface area contributed by atoms with E-state index in [1.807, 2.05) is 0 Å². The number of ether oxygens (including phenoxy) is 1. The molecule has 0 atom stereocenters. The molecule has 2 aromatic rings. The van der Waals surface area contributed by atoms with E-state index in [1.165, 1.54) is 10.9 Å². The van der Waals surface area contributed by atoms with Crippen LogP contribution in [0.25, 0.3) is 11.0 Å². The number of hydrogen-bond acceptors (Lipinski definition) is 4. The van der Waals surface area contributed by atoms with E-state index >= 15 is 0 Å². The Balaban J connectivity index is 2.30. The summed E-state index contributed by atoms with van der Waals surface area (Å²) in [6.07, 6.45) is -4.52. The van der Waals surface area contributed by atoms with Crippen LogP contribution in [0.15, 0.2) is 22.9 Å². The fourth-order valence-electron chi connectivity index (χ4n) is 2.01. The van der Waals surface area contributed by atoms with Gasteiger partial charge < -0.3 is 10.1 Å². The molecule has 9 heteroatoms. The highest BCUT2D eigenvalue weighted by molar-refractivity contribution is 9.10. The van der Waals surface area contributed by atoms with Gasteiger partial charge in [-0.1, -0.05) is 15.9 Å². The molecule has 1 heterocycles. The molecule has 0 spiro atoms. The van der Waals surface area contributed by atoms with E-state index in [2.05, 4.69) is 26.2 Å². The normalized spacial score (nSPS) is 12.5. The van der Waals surface area contributed by atoms with Crippen LogP contribution in [0.3, 0.4) is 0 Å². The number of nitrogens with zero attached hydrogens (tertiary/aromatic N) is 2. The van der Waals surface area contributed by atoms with E-state index in [0.29, 0.717) is 21.2 Å². The van der Waals surface area contributed by atoms with Gasteiger partial charge in [0, 0.05) is 11.0 Å². The molecule has 5 nitrogen and oxygen atoms in total. The van der Waals surface area contributed by atoms with Crippen molar-refractivity contribution in [3.8, 4) is 0 Å². The van der Waals surface area contributed by atoms with E-state index in [0.717, 1.165) is 0 Å². The molecule has 1 N–H and O–H groups in total. The minimum Gasteiger partial charge on any atom is -0.443 e. The van der Waals surface area contributed by atoms with E-state index in [9.17, 15) is 18.0 Å². The second-order valence-electron chi connectivity index (χ2n) is 6.21. The molecular formula is C15H17BrF3N3O2. The van der Waals surface area contributed by atoms with Gasteiger partial charge in [-0.15, -0.1) is 0 Å². The average Bonchev–Trinajstić information content (AvgIpc) is 2.78. The molecule has 0 unspecified atom stereocenters. The standard InChI is InChI=1S/C15H17BrF3N3O2/c1-14(2,3)24-13(23)22-8-21-12-10(6-9(16)7-11(12)22)20-5-4-15(17,18)19/h6-8,20H,4-5H2,1-3H3. The van der Waals surface area contributed by atoms with Crippen molar-refractivity contribution in [1.82, 2.24) is 9.55 Å². The van der Waals surface area contributed by atoms with Gasteiger partial charge in [-0.3, -0.25) is 0 Å². The van der Waals surface area contributed by atoms with Gasteiger partial charge in [-0.25, -0.2) is 14.3 Å². The highest BCUT2D eigenvalue weighted by Gasteiger charge is 2.26. The zero-order chi connectivity index (χ0) is 18.1. The number of halogens is 4. The van der Waals surface area contributed by atoms with Crippen molar-refractivity contribution in [2.24, 2.45) is 0 Å². The summed E-state index contributed by atoms with van der Waals surface area (Å²) >= 11 is 3.29. The zero-order valence-corrected chi connectivity index (χ0v) is 15.0. The number of carbonyl (C=O) groups excluding carboxylic acids is 1. The van der Waals surface area contributed by atoms with Crippen molar-refractivity contribution in [2.45, 2.75) is 39.0 Å². The first kappa shape index (κ1) is 18.6. The summed E-state index contributed by atoms with van der Waals surface area (Å²) in [7, 11) is 0. The van der Waals surface area contributed by atoms with Crippen molar-refractivity contribution >= 4 is 38.7 Å². The molecule has 0 aliphatic heterocycles. The fourth-order valence-corrected chi connectivity index (χ4v) is 2.46. The molecule has 132 valence electrons. The summed E-state index contributed by atoms with van der Waals surface area (Å²) in [4.78, 5) is 16.3. The number of alkyl halides is 3.